The number of hydrogen-bond donors (Lipinski definition) is 1. The van der Waals surface area contributed by atoms with Gasteiger partial charge in [0.1, 0.15) is 6.33 Å². The van der Waals surface area contributed by atoms with Crippen molar-refractivity contribution >= 4 is 29.1 Å². The molecule has 2 aromatic carbocycles. The lowest BCUT2D eigenvalue weighted by molar-refractivity contribution is -0.120. The Kier molecular flexibility index (Phi) is 5.63. The molecule has 128 valence electrons. The number of hydrogen-bond acceptors (Lipinski definition) is 4. The number of nitrogens with zero attached hydrogens (tertiary/aromatic N) is 4. The summed E-state index contributed by atoms with van der Waals surface area (Å²) in [5.41, 5.74) is 2.67. The summed E-state index contributed by atoms with van der Waals surface area (Å²) >= 11 is 12.1. The summed E-state index contributed by atoms with van der Waals surface area (Å²) in [5.74, 6) is -0.0478. The van der Waals surface area contributed by atoms with E-state index in [1.54, 1.807) is 10.7 Å². The second-order valence-corrected chi connectivity index (χ2v) is 6.20. The molecule has 0 unspecified atom stereocenters. The third kappa shape index (κ3) is 4.55. The Morgan fingerprint density at radius 3 is 2.64 bits per heavy atom. The smallest absolute Gasteiger partial charge is 0.224 e. The van der Waals surface area contributed by atoms with Crippen LogP contribution in [-0.4, -0.2) is 32.7 Å². The maximum Gasteiger partial charge on any atom is 0.224 e. The molecular formula is C17H15Cl2N5O. The molecule has 0 aliphatic heterocycles. The van der Waals surface area contributed by atoms with Crippen LogP contribution in [0.15, 0.2) is 48.8 Å². The Morgan fingerprint density at radius 1 is 1.12 bits per heavy atom. The highest BCUT2D eigenvalue weighted by Crippen LogP contribution is 2.25. The summed E-state index contributed by atoms with van der Waals surface area (Å²) in [7, 11) is 0. The zero-order valence-electron chi connectivity index (χ0n) is 13.2. The summed E-state index contributed by atoms with van der Waals surface area (Å²) in [4.78, 5) is 12.1. The topological polar surface area (TPSA) is 72.7 Å². The molecule has 1 aromatic heterocycles. The largest absolute Gasteiger partial charge is 0.355 e. The molecule has 8 heteroatoms. The van der Waals surface area contributed by atoms with Crippen molar-refractivity contribution in [3.05, 3.63) is 70.0 Å². The van der Waals surface area contributed by atoms with Crippen LogP contribution in [-0.2, 0) is 17.6 Å². The van der Waals surface area contributed by atoms with Crippen LogP contribution in [0.4, 0.5) is 0 Å². The Morgan fingerprint density at radius 2 is 1.92 bits per heavy atom. The van der Waals surface area contributed by atoms with E-state index in [0.29, 0.717) is 29.4 Å². The van der Waals surface area contributed by atoms with Crippen LogP contribution in [0.2, 0.25) is 10.0 Å². The number of carbonyl (C=O) groups is 1. The van der Waals surface area contributed by atoms with Crippen LogP contribution >= 0.6 is 23.2 Å². The van der Waals surface area contributed by atoms with E-state index in [9.17, 15) is 4.79 Å². The van der Waals surface area contributed by atoms with Crippen molar-refractivity contribution in [2.24, 2.45) is 0 Å². The molecule has 3 rings (SSSR count). The Hall–Kier alpha value is -2.44. The van der Waals surface area contributed by atoms with Gasteiger partial charge in [0.05, 0.1) is 22.2 Å². The van der Waals surface area contributed by atoms with Crippen molar-refractivity contribution in [3.63, 3.8) is 0 Å². The van der Waals surface area contributed by atoms with E-state index in [0.717, 1.165) is 16.8 Å². The molecule has 0 saturated carbocycles. The first-order valence-corrected chi connectivity index (χ1v) is 8.41. The maximum absolute atomic E-state index is 12.1. The molecule has 0 bridgehead atoms. The zero-order valence-corrected chi connectivity index (χ0v) is 14.7. The number of nitrogens with one attached hydrogen (secondary N) is 1. The fraction of sp³-hybridized carbons (Fsp3) is 0.176. The summed E-state index contributed by atoms with van der Waals surface area (Å²) in [5, 5.41) is 14.9. The lowest BCUT2D eigenvalue weighted by Gasteiger charge is -2.08. The standard InChI is InChI=1S/C17H15Cl2N5O/c18-15-3-1-2-13(17(15)19)8-9-20-16(25)10-12-4-6-14(7-5-12)24-11-21-22-23-24/h1-7,11H,8-10H2,(H,20,25). The molecule has 0 fully saturated rings. The summed E-state index contributed by atoms with van der Waals surface area (Å²) in [6.45, 7) is 0.502. The molecule has 0 aliphatic rings. The van der Waals surface area contributed by atoms with Gasteiger partial charge in [-0.15, -0.1) is 5.10 Å². The molecule has 0 radical (unpaired) electrons. The number of tetrazole rings is 1. The average molecular weight is 376 g/mol. The molecule has 1 N–H and O–H groups in total. The average Bonchev–Trinajstić information content (AvgIpc) is 3.14. The van der Waals surface area contributed by atoms with Crippen LogP contribution in [0.1, 0.15) is 11.1 Å². The Labute approximate surface area is 154 Å². The normalized spacial score (nSPS) is 10.6. The molecule has 25 heavy (non-hydrogen) atoms. The first-order valence-electron chi connectivity index (χ1n) is 7.65. The SMILES string of the molecule is O=C(Cc1ccc(-n2cnnn2)cc1)NCCc1cccc(Cl)c1Cl. The molecule has 1 heterocycles. The summed E-state index contributed by atoms with van der Waals surface area (Å²) < 4.78 is 1.55. The fourth-order valence-electron chi connectivity index (χ4n) is 2.37. The maximum atomic E-state index is 12.1. The van der Waals surface area contributed by atoms with Gasteiger partial charge in [0, 0.05) is 6.54 Å². The molecular weight excluding hydrogens is 361 g/mol. The van der Waals surface area contributed by atoms with Crippen molar-refractivity contribution in [3.8, 4) is 5.69 Å². The van der Waals surface area contributed by atoms with Crippen LogP contribution in [0.5, 0.6) is 0 Å². The van der Waals surface area contributed by atoms with Gasteiger partial charge in [0.2, 0.25) is 5.91 Å². The molecule has 3 aromatic rings. The number of amides is 1. The number of carbonyl (C=O) groups excluding carboxylic acids is 1. The van der Waals surface area contributed by atoms with Crippen LogP contribution in [0, 0.1) is 0 Å². The summed E-state index contributed by atoms with van der Waals surface area (Å²) in [6.07, 6.45) is 2.45. The van der Waals surface area contributed by atoms with Crippen molar-refractivity contribution in [2.75, 3.05) is 6.54 Å². The second kappa shape index (κ2) is 8.09. The van der Waals surface area contributed by atoms with Crippen molar-refractivity contribution in [1.29, 1.82) is 0 Å². The zero-order chi connectivity index (χ0) is 17.6. The predicted molar refractivity (Wildman–Crippen MR) is 96.0 cm³/mol. The van der Waals surface area contributed by atoms with Crippen molar-refractivity contribution in [1.82, 2.24) is 25.5 Å². The Bertz CT molecular complexity index is 850. The van der Waals surface area contributed by atoms with Gasteiger partial charge in [-0.25, -0.2) is 4.68 Å². The van der Waals surface area contributed by atoms with E-state index < -0.39 is 0 Å². The van der Waals surface area contributed by atoms with E-state index in [4.69, 9.17) is 23.2 Å². The fourth-order valence-corrected chi connectivity index (χ4v) is 2.79. The van der Waals surface area contributed by atoms with E-state index in [-0.39, 0.29) is 5.91 Å². The van der Waals surface area contributed by atoms with Crippen LogP contribution in [0.3, 0.4) is 0 Å². The minimum atomic E-state index is -0.0478. The van der Waals surface area contributed by atoms with Crippen molar-refractivity contribution in [2.45, 2.75) is 12.8 Å². The summed E-state index contributed by atoms with van der Waals surface area (Å²) in [6, 6.07) is 13.0. The predicted octanol–water partition coefficient (Wildman–Crippen LogP) is 2.87. The molecule has 0 aliphatic carbocycles. The van der Waals surface area contributed by atoms with Gasteiger partial charge >= 0.3 is 0 Å². The first-order chi connectivity index (χ1) is 12.1. The highest BCUT2D eigenvalue weighted by atomic mass is 35.5. The van der Waals surface area contributed by atoms with Gasteiger partial charge in [0.25, 0.3) is 0 Å². The van der Waals surface area contributed by atoms with E-state index >= 15 is 0 Å². The first kappa shape index (κ1) is 17.4. The molecule has 0 atom stereocenters. The molecule has 0 saturated heterocycles. The van der Waals surface area contributed by atoms with Gasteiger partial charge in [-0.3, -0.25) is 4.79 Å². The number of rotatable bonds is 6. The van der Waals surface area contributed by atoms with E-state index in [1.807, 2.05) is 36.4 Å². The molecule has 6 nitrogen and oxygen atoms in total. The third-order valence-corrected chi connectivity index (χ3v) is 4.52. The van der Waals surface area contributed by atoms with E-state index in [2.05, 4.69) is 20.8 Å². The Balaban J connectivity index is 1.50. The van der Waals surface area contributed by atoms with E-state index in [1.165, 1.54) is 6.33 Å². The monoisotopic (exact) mass is 375 g/mol. The molecule has 1 amide bonds. The molecule has 0 spiro atoms. The number of aromatic nitrogens is 4. The number of halogens is 2. The van der Waals surface area contributed by atoms with Crippen LogP contribution < -0.4 is 5.32 Å². The second-order valence-electron chi connectivity index (χ2n) is 5.41. The van der Waals surface area contributed by atoms with Crippen LogP contribution in [0.25, 0.3) is 5.69 Å². The quantitative estimate of drug-likeness (QED) is 0.718. The van der Waals surface area contributed by atoms with Gasteiger partial charge in [-0.1, -0.05) is 47.5 Å². The number of benzene rings is 2. The van der Waals surface area contributed by atoms with Gasteiger partial charge < -0.3 is 5.32 Å². The highest BCUT2D eigenvalue weighted by Gasteiger charge is 2.07. The van der Waals surface area contributed by atoms with Gasteiger partial charge in [0.15, 0.2) is 0 Å². The minimum absolute atomic E-state index is 0.0478. The van der Waals surface area contributed by atoms with Gasteiger partial charge in [-0.2, -0.15) is 0 Å². The third-order valence-electron chi connectivity index (χ3n) is 3.66. The van der Waals surface area contributed by atoms with Crippen molar-refractivity contribution < 1.29 is 4.79 Å². The lowest BCUT2D eigenvalue weighted by atomic mass is 10.1. The minimum Gasteiger partial charge on any atom is -0.355 e. The van der Waals surface area contributed by atoms with Gasteiger partial charge in [-0.05, 0) is 46.2 Å². The lowest BCUT2D eigenvalue weighted by Crippen LogP contribution is -2.27. The highest BCUT2D eigenvalue weighted by molar-refractivity contribution is 6.42.